The van der Waals surface area contributed by atoms with Gasteiger partial charge in [-0.3, -0.25) is 9.89 Å². The van der Waals surface area contributed by atoms with E-state index in [9.17, 15) is 4.79 Å². The van der Waals surface area contributed by atoms with Crippen LogP contribution in [-0.2, 0) is 6.54 Å². The van der Waals surface area contributed by atoms with E-state index in [1.807, 2.05) is 6.92 Å². The molecule has 20 heavy (non-hydrogen) atoms. The number of amides is 1. The zero-order chi connectivity index (χ0) is 14.5. The Morgan fingerprint density at radius 2 is 1.95 bits per heavy atom. The third kappa shape index (κ3) is 2.87. The highest BCUT2D eigenvalue weighted by Gasteiger charge is 2.13. The van der Waals surface area contributed by atoms with E-state index in [1.54, 1.807) is 26.4 Å². The highest BCUT2D eigenvalue weighted by Crippen LogP contribution is 2.29. The van der Waals surface area contributed by atoms with Gasteiger partial charge >= 0.3 is 0 Å². The smallest absolute Gasteiger partial charge is 0.251 e. The maximum atomic E-state index is 12.1. The van der Waals surface area contributed by atoms with Gasteiger partial charge in [0.1, 0.15) is 23.7 Å². The van der Waals surface area contributed by atoms with Crippen molar-refractivity contribution in [2.75, 3.05) is 14.2 Å². The lowest BCUT2D eigenvalue weighted by Crippen LogP contribution is -2.23. The number of nitrogens with one attached hydrogen (secondary N) is 2. The first kappa shape index (κ1) is 13.9. The fourth-order valence-electron chi connectivity index (χ4n) is 1.80. The minimum atomic E-state index is -0.238. The molecule has 1 heterocycles. The summed E-state index contributed by atoms with van der Waals surface area (Å²) < 4.78 is 10.5. The number of aromatic amines is 1. The predicted molar refractivity (Wildman–Crippen MR) is 71.8 cm³/mol. The van der Waals surface area contributed by atoms with Gasteiger partial charge in [-0.2, -0.15) is 5.10 Å². The first-order valence-electron chi connectivity index (χ1n) is 6.00. The van der Waals surface area contributed by atoms with Gasteiger partial charge in [0.15, 0.2) is 0 Å². The summed E-state index contributed by atoms with van der Waals surface area (Å²) in [6.45, 7) is 2.14. The maximum Gasteiger partial charge on any atom is 0.251 e. The second kappa shape index (κ2) is 6.05. The second-order valence-electron chi connectivity index (χ2n) is 4.12. The van der Waals surface area contributed by atoms with Gasteiger partial charge < -0.3 is 14.8 Å². The topological polar surface area (TPSA) is 89.1 Å². The fraction of sp³-hybridized carbons (Fsp3) is 0.308. The Labute approximate surface area is 116 Å². The number of benzene rings is 1. The van der Waals surface area contributed by atoms with Crippen LogP contribution in [0.2, 0.25) is 0 Å². The molecular weight excluding hydrogens is 260 g/mol. The minimum absolute atomic E-state index is 0.238. The average Bonchev–Trinajstić information content (AvgIpc) is 2.98. The summed E-state index contributed by atoms with van der Waals surface area (Å²) in [6.07, 6.45) is 1.39. The lowest BCUT2D eigenvalue weighted by molar-refractivity contribution is 0.0949. The number of rotatable bonds is 5. The molecule has 0 aliphatic rings. The van der Waals surface area contributed by atoms with E-state index in [4.69, 9.17) is 9.47 Å². The van der Waals surface area contributed by atoms with Crippen LogP contribution in [-0.4, -0.2) is 35.3 Å². The SMILES string of the molecule is COc1cc(C(=O)NCc2ncn[nH]2)cc(OC)c1C. The van der Waals surface area contributed by atoms with Crippen molar-refractivity contribution in [3.8, 4) is 11.5 Å². The molecule has 0 aliphatic carbocycles. The third-order valence-electron chi connectivity index (χ3n) is 2.90. The molecule has 0 unspecified atom stereocenters. The van der Waals surface area contributed by atoms with Crippen molar-refractivity contribution in [3.63, 3.8) is 0 Å². The van der Waals surface area contributed by atoms with Gasteiger partial charge in [0.05, 0.1) is 20.8 Å². The highest BCUT2D eigenvalue weighted by atomic mass is 16.5. The summed E-state index contributed by atoms with van der Waals surface area (Å²) in [5.41, 5.74) is 1.31. The molecule has 2 aromatic rings. The molecule has 0 saturated heterocycles. The molecule has 0 aliphatic heterocycles. The van der Waals surface area contributed by atoms with Gasteiger partial charge in [0.2, 0.25) is 0 Å². The van der Waals surface area contributed by atoms with Crippen LogP contribution in [0.1, 0.15) is 21.7 Å². The molecule has 1 aromatic heterocycles. The number of hydrogen-bond acceptors (Lipinski definition) is 5. The van der Waals surface area contributed by atoms with Gasteiger partial charge in [-0.15, -0.1) is 0 Å². The standard InChI is InChI=1S/C13H16N4O3/c1-8-10(19-2)4-9(5-11(8)20-3)13(18)14-6-12-15-7-16-17-12/h4-5,7H,6H2,1-3H3,(H,14,18)(H,15,16,17). The summed E-state index contributed by atoms with van der Waals surface area (Å²) in [5, 5.41) is 9.12. The summed E-state index contributed by atoms with van der Waals surface area (Å²) in [6, 6.07) is 3.35. The Bertz CT molecular complexity index is 571. The molecule has 0 spiro atoms. The molecule has 0 atom stereocenters. The van der Waals surface area contributed by atoms with Crippen LogP contribution in [0.15, 0.2) is 18.5 Å². The highest BCUT2D eigenvalue weighted by molar-refractivity contribution is 5.95. The summed E-state index contributed by atoms with van der Waals surface area (Å²) in [4.78, 5) is 16.0. The maximum absolute atomic E-state index is 12.1. The zero-order valence-corrected chi connectivity index (χ0v) is 11.6. The van der Waals surface area contributed by atoms with Gasteiger partial charge in [0, 0.05) is 11.1 Å². The largest absolute Gasteiger partial charge is 0.496 e. The molecule has 7 nitrogen and oxygen atoms in total. The quantitative estimate of drug-likeness (QED) is 0.852. The van der Waals surface area contributed by atoms with Crippen molar-refractivity contribution < 1.29 is 14.3 Å². The fourth-order valence-corrected chi connectivity index (χ4v) is 1.80. The molecule has 0 saturated carbocycles. The Balaban J connectivity index is 2.16. The lowest BCUT2D eigenvalue weighted by Gasteiger charge is -2.12. The molecule has 1 aromatic carbocycles. The van der Waals surface area contributed by atoms with Crippen LogP contribution in [0.5, 0.6) is 11.5 Å². The minimum Gasteiger partial charge on any atom is -0.496 e. The van der Waals surface area contributed by atoms with Crippen LogP contribution >= 0.6 is 0 Å². The van der Waals surface area contributed by atoms with E-state index in [1.165, 1.54) is 6.33 Å². The van der Waals surface area contributed by atoms with E-state index in [-0.39, 0.29) is 12.5 Å². The number of ether oxygens (including phenoxy) is 2. The van der Waals surface area contributed by atoms with E-state index >= 15 is 0 Å². The summed E-state index contributed by atoms with van der Waals surface area (Å²) in [5.74, 6) is 1.56. The number of aromatic nitrogens is 3. The molecule has 0 bridgehead atoms. The van der Waals surface area contributed by atoms with Crippen LogP contribution in [0, 0.1) is 6.92 Å². The number of nitrogens with zero attached hydrogens (tertiary/aromatic N) is 2. The molecule has 1 amide bonds. The Morgan fingerprint density at radius 3 is 2.45 bits per heavy atom. The van der Waals surface area contributed by atoms with Crippen molar-refractivity contribution in [2.45, 2.75) is 13.5 Å². The molecule has 0 fully saturated rings. The number of methoxy groups -OCH3 is 2. The van der Waals surface area contributed by atoms with Gasteiger partial charge in [-0.25, -0.2) is 4.98 Å². The molecule has 2 N–H and O–H groups in total. The van der Waals surface area contributed by atoms with E-state index in [0.717, 1.165) is 5.56 Å². The number of H-pyrrole nitrogens is 1. The lowest BCUT2D eigenvalue weighted by atomic mass is 10.1. The second-order valence-corrected chi connectivity index (χ2v) is 4.12. The van der Waals surface area contributed by atoms with Crippen molar-refractivity contribution in [1.29, 1.82) is 0 Å². The molecule has 2 rings (SSSR count). The van der Waals surface area contributed by atoms with Crippen molar-refractivity contribution >= 4 is 5.91 Å². The predicted octanol–water partition coefficient (Wildman–Crippen LogP) is 1.06. The van der Waals surface area contributed by atoms with Crippen molar-refractivity contribution in [3.05, 3.63) is 35.4 Å². The number of hydrogen-bond donors (Lipinski definition) is 2. The summed E-state index contributed by atoms with van der Waals surface area (Å²) >= 11 is 0. The average molecular weight is 276 g/mol. The molecule has 7 heteroatoms. The Morgan fingerprint density at radius 1 is 1.30 bits per heavy atom. The van der Waals surface area contributed by atoms with Crippen molar-refractivity contribution in [1.82, 2.24) is 20.5 Å². The Hall–Kier alpha value is -2.57. The zero-order valence-electron chi connectivity index (χ0n) is 11.6. The first-order chi connectivity index (χ1) is 9.65. The van der Waals surface area contributed by atoms with Gasteiger partial charge in [-0.05, 0) is 19.1 Å². The molecule has 0 radical (unpaired) electrons. The van der Waals surface area contributed by atoms with Crippen molar-refractivity contribution in [2.24, 2.45) is 0 Å². The molecule has 106 valence electrons. The van der Waals surface area contributed by atoms with Crippen LogP contribution < -0.4 is 14.8 Å². The number of carbonyl (C=O) groups is 1. The van der Waals surface area contributed by atoms with Crippen LogP contribution in [0.25, 0.3) is 0 Å². The van der Waals surface area contributed by atoms with Crippen LogP contribution in [0.4, 0.5) is 0 Å². The number of carbonyl (C=O) groups excluding carboxylic acids is 1. The van der Waals surface area contributed by atoms with Gasteiger partial charge in [0.25, 0.3) is 5.91 Å². The summed E-state index contributed by atoms with van der Waals surface area (Å²) in [7, 11) is 3.11. The van der Waals surface area contributed by atoms with Crippen LogP contribution in [0.3, 0.4) is 0 Å². The first-order valence-corrected chi connectivity index (χ1v) is 6.00. The van der Waals surface area contributed by atoms with E-state index < -0.39 is 0 Å². The van der Waals surface area contributed by atoms with E-state index in [2.05, 4.69) is 20.5 Å². The van der Waals surface area contributed by atoms with Gasteiger partial charge in [-0.1, -0.05) is 0 Å². The Kier molecular flexibility index (Phi) is 4.19. The van der Waals surface area contributed by atoms with E-state index in [0.29, 0.717) is 22.9 Å². The molecular formula is C13H16N4O3. The third-order valence-corrected chi connectivity index (χ3v) is 2.90. The monoisotopic (exact) mass is 276 g/mol. The normalized spacial score (nSPS) is 10.2.